The molecule has 3 aliphatic rings. The summed E-state index contributed by atoms with van der Waals surface area (Å²) >= 11 is 0. The molecular weight excluding hydrogens is 230 g/mol. The van der Waals surface area contributed by atoms with E-state index in [2.05, 4.69) is 0 Å². The third-order valence-corrected chi connectivity index (χ3v) is 6.26. The molecule has 1 N–H and O–H groups in total. The van der Waals surface area contributed by atoms with Crippen molar-refractivity contribution < 1.29 is 18.3 Å². The second-order valence-corrected chi connectivity index (χ2v) is 7.16. The molecule has 0 amide bonds. The van der Waals surface area contributed by atoms with Gasteiger partial charge < -0.3 is 9.84 Å². The van der Waals surface area contributed by atoms with Crippen molar-refractivity contribution in [2.75, 3.05) is 13.2 Å². The fourth-order valence-electron chi connectivity index (χ4n) is 3.08. The lowest BCUT2D eigenvalue weighted by atomic mass is 10.0. The van der Waals surface area contributed by atoms with Gasteiger partial charge in [0.15, 0.2) is 0 Å². The first-order valence-corrected chi connectivity index (χ1v) is 7.37. The Bertz CT molecular complexity index is 364. The van der Waals surface area contributed by atoms with Crippen molar-refractivity contribution in [1.82, 2.24) is 4.31 Å². The van der Waals surface area contributed by atoms with Crippen LogP contribution in [0.3, 0.4) is 0 Å². The number of aliphatic hydroxyl groups excluding tert-OH is 1. The molecule has 2 atom stereocenters. The molecule has 92 valence electrons. The first kappa shape index (κ1) is 11.0. The van der Waals surface area contributed by atoms with Crippen LogP contribution in [0.5, 0.6) is 0 Å². The lowest BCUT2D eigenvalue weighted by molar-refractivity contribution is 0.0334. The smallest absolute Gasteiger partial charge is 0.222 e. The molecule has 3 rings (SSSR count). The number of ether oxygens (including phenoxy) is 1. The lowest BCUT2D eigenvalue weighted by Gasteiger charge is -2.40. The van der Waals surface area contributed by atoms with Gasteiger partial charge in [-0.1, -0.05) is 0 Å². The van der Waals surface area contributed by atoms with Crippen LogP contribution < -0.4 is 0 Å². The lowest BCUT2D eigenvalue weighted by Crippen LogP contribution is -2.55. The number of hydrogen-bond acceptors (Lipinski definition) is 4. The minimum atomic E-state index is -3.19. The standard InChI is InChI=1S/C10H17NO4S/c12-9-3-7-1-2-8(4-9)11(7)16(13,14)10-5-15-6-10/h7-10,12H,1-6H2. The summed E-state index contributed by atoms with van der Waals surface area (Å²) in [7, 11) is -3.19. The van der Waals surface area contributed by atoms with Crippen molar-refractivity contribution in [3.8, 4) is 0 Å². The molecule has 0 radical (unpaired) electrons. The predicted molar refractivity (Wildman–Crippen MR) is 57.4 cm³/mol. The summed E-state index contributed by atoms with van der Waals surface area (Å²) in [6, 6.07) is 0.0544. The third-order valence-electron chi connectivity index (χ3n) is 3.96. The van der Waals surface area contributed by atoms with E-state index in [1.165, 1.54) is 0 Å². The largest absolute Gasteiger partial charge is 0.393 e. The van der Waals surface area contributed by atoms with Crippen molar-refractivity contribution in [1.29, 1.82) is 0 Å². The molecule has 5 nitrogen and oxygen atoms in total. The molecule has 3 aliphatic heterocycles. The maximum atomic E-state index is 12.3. The molecule has 0 aliphatic carbocycles. The van der Waals surface area contributed by atoms with E-state index in [-0.39, 0.29) is 23.4 Å². The van der Waals surface area contributed by atoms with Crippen molar-refractivity contribution in [3.05, 3.63) is 0 Å². The number of sulfonamides is 1. The fraction of sp³-hybridized carbons (Fsp3) is 1.00. The van der Waals surface area contributed by atoms with Gasteiger partial charge in [-0.25, -0.2) is 8.42 Å². The Morgan fingerprint density at radius 1 is 1.12 bits per heavy atom. The van der Waals surface area contributed by atoms with Crippen LogP contribution in [0.15, 0.2) is 0 Å². The average Bonchev–Trinajstić information content (AvgIpc) is 2.36. The number of nitrogens with zero attached hydrogens (tertiary/aromatic N) is 1. The zero-order chi connectivity index (χ0) is 11.3. The van der Waals surface area contributed by atoms with Crippen molar-refractivity contribution in [2.45, 2.75) is 49.1 Å². The molecule has 0 aromatic carbocycles. The Morgan fingerprint density at radius 3 is 2.12 bits per heavy atom. The van der Waals surface area contributed by atoms with E-state index in [0.717, 1.165) is 12.8 Å². The normalized spacial score (nSPS) is 40.9. The van der Waals surface area contributed by atoms with Gasteiger partial charge in [0.25, 0.3) is 0 Å². The molecular formula is C10H17NO4S. The third kappa shape index (κ3) is 1.51. The van der Waals surface area contributed by atoms with Crippen LogP contribution >= 0.6 is 0 Å². The Hall–Kier alpha value is -0.170. The second kappa shape index (κ2) is 3.66. The van der Waals surface area contributed by atoms with Crippen molar-refractivity contribution >= 4 is 10.0 Å². The highest BCUT2D eigenvalue weighted by atomic mass is 32.2. The summed E-state index contributed by atoms with van der Waals surface area (Å²) < 4.78 is 31.2. The summed E-state index contributed by atoms with van der Waals surface area (Å²) in [4.78, 5) is 0. The maximum Gasteiger partial charge on any atom is 0.222 e. The summed E-state index contributed by atoms with van der Waals surface area (Å²) in [5.41, 5.74) is 0. The van der Waals surface area contributed by atoms with Gasteiger partial charge in [0, 0.05) is 12.1 Å². The van der Waals surface area contributed by atoms with Crippen LogP contribution in [-0.2, 0) is 14.8 Å². The summed E-state index contributed by atoms with van der Waals surface area (Å²) in [5.74, 6) is 0. The molecule has 0 spiro atoms. The van der Waals surface area contributed by atoms with Crippen molar-refractivity contribution in [2.24, 2.45) is 0 Å². The molecule has 3 saturated heterocycles. The van der Waals surface area contributed by atoms with E-state index in [1.807, 2.05) is 0 Å². The molecule has 0 aromatic heterocycles. The highest BCUT2D eigenvalue weighted by Gasteiger charge is 2.50. The highest BCUT2D eigenvalue weighted by Crippen LogP contribution is 2.39. The van der Waals surface area contributed by atoms with Crippen LogP contribution in [0.25, 0.3) is 0 Å². The molecule has 3 fully saturated rings. The first-order valence-electron chi connectivity index (χ1n) is 5.87. The van der Waals surface area contributed by atoms with Crippen molar-refractivity contribution in [3.63, 3.8) is 0 Å². The van der Waals surface area contributed by atoms with E-state index in [4.69, 9.17) is 4.74 Å². The van der Waals surface area contributed by atoms with E-state index < -0.39 is 10.0 Å². The van der Waals surface area contributed by atoms with Gasteiger partial charge in [0.05, 0.1) is 19.3 Å². The number of fused-ring (bicyclic) bond motifs is 2. The van der Waals surface area contributed by atoms with Gasteiger partial charge in [0.2, 0.25) is 10.0 Å². The van der Waals surface area contributed by atoms with E-state index in [1.54, 1.807) is 4.31 Å². The van der Waals surface area contributed by atoms with Crippen LogP contribution in [-0.4, -0.2) is 54.5 Å². The number of aliphatic hydroxyl groups is 1. The SMILES string of the molecule is O=S(=O)(C1COC1)N1C2CCC1CC(O)C2. The summed E-state index contributed by atoms with van der Waals surface area (Å²) in [5, 5.41) is 9.30. The van der Waals surface area contributed by atoms with Gasteiger partial charge in [-0.05, 0) is 25.7 Å². The van der Waals surface area contributed by atoms with Gasteiger partial charge in [-0.3, -0.25) is 0 Å². The monoisotopic (exact) mass is 247 g/mol. The van der Waals surface area contributed by atoms with Gasteiger partial charge in [-0.2, -0.15) is 4.31 Å². The second-order valence-electron chi connectivity index (χ2n) is 5.04. The Morgan fingerprint density at radius 2 is 1.69 bits per heavy atom. The van der Waals surface area contributed by atoms with Crippen LogP contribution in [0, 0.1) is 0 Å². The quantitative estimate of drug-likeness (QED) is 0.727. The first-order chi connectivity index (χ1) is 7.59. The summed E-state index contributed by atoms with van der Waals surface area (Å²) in [6.45, 7) is 0.668. The minimum Gasteiger partial charge on any atom is -0.393 e. The van der Waals surface area contributed by atoms with Crippen LogP contribution in [0.2, 0.25) is 0 Å². The zero-order valence-corrected chi connectivity index (χ0v) is 9.90. The Labute approximate surface area is 95.4 Å². The zero-order valence-electron chi connectivity index (χ0n) is 9.08. The summed E-state index contributed by atoms with van der Waals surface area (Å²) in [6.07, 6.45) is 2.68. The van der Waals surface area contributed by atoms with Crippen LogP contribution in [0.1, 0.15) is 25.7 Å². The van der Waals surface area contributed by atoms with Gasteiger partial charge in [-0.15, -0.1) is 0 Å². The number of hydrogen-bond donors (Lipinski definition) is 1. The molecule has 16 heavy (non-hydrogen) atoms. The van der Waals surface area contributed by atoms with E-state index in [9.17, 15) is 13.5 Å². The van der Waals surface area contributed by atoms with Crippen LogP contribution in [0.4, 0.5) is 0 Å². The predicted octanol–water partition coefficient (Wildman–Crippen LogP) is -0.297. The van der Waals surface area contributed by atoms with E-state index >= 15 is 0 Å². The molecule has 3 heterocycles. The fourth-order valence-corrected chi connectivity index (χ4v) is 5.17. The topological polar surface area (TPSA) is 66.8 Å². The Kier molecular flexibility index (Phi) is 2.51. The van der Waals surface area contributed by atoms with Gasteiger partial charge >= 0.3 is 0 Å². The number of rotatable bonds is 2. The molecule has 6 heteroatoms. The minimum absolute atomic E-state index is 0.0272. The maximum absolute atomic E-state index is 12.3. The highest BCUT2D eigenvalue weighted by molar-refractivity contribution is 7.89. The Balaban J connectivity index is 1.85. The molecule has 2 unspecified atom stereocenters. The molecule has 0 aromatic rings. The average molecular weight is 247 g/mol. The van der Waals surface area contributed by atoms with E-state index in [0.29, 0.717) is 26.1 Å². The van der Waals surface area contributed by atoms with Gasteiger partial charge in [0.1, 0.15) is 5.25 Å². The molecule has 0 saturated carbocycles. The number of piperidine rings is 1. The molecule has 2 bridgehead atoms.